The molecule has 1 atom stereocenters. The van der Waals surface area contributed by atoms with Gasteiger partial charge in [0, 0.05) is 16.6 Å². The fourth-order valence-electron chi connectivity index (χ4n) is 1.92. The summed E-state index contributed by atoms with van der Waals surface area (Å²) in [6.07, 6.45) is -0.174. The first-order chi connectivity index (χ1) is 9.08. The van der Waals surface area contributed by atoms with Crippen molar-refractivity contribution < 1.29 is 14.3 Å². The van der Waals surface area contributed by atoms with Crippen LogP contribution >= 0.6 is 11.8 Å². The molecule has 0 N–H and O–H groups in total. The molecule has 4 nitrogen and oxygen atoms in total. The van der Waals surface area contributed by atoms with E-state index in [1.807, 2.05) is 25.1 Å². The number of benzene rings is 1. The van der Waals surface area contributed by atoms with E-state index < -0.39 is 6.09 Å². The van der Waals surface area contributed by atoms with Crippen LogP contribution in [0.15, 0.2) is 29.2 Å². The number of cyclic esters (lactones) is 1. The molecule has 1 saturated heterocycles. The number of aryl methyl sites for hydroxylation is 1. The Labute approximate surface area is 117 Å². The first-order valence-corrected chi connectivity index (χ1v) is 7.15. The number of rotatable bonds is 4. The SMILES string of the molecule is Cc1ccccc1S[C@@H](C)CC(=O)N1CCOC1=O. The van der Waals surface area contributed by atoms with Gasteiger partial charge in [0.25, 0.3) is 0 Å². The van der Waals surface area contributed by atoms with Crippen molar-refractivity contribution in [2.24, 2.45) is 0 Å². The minimum absolute atomic E-state index is 0.127. The van der Waals surface area contributed by atoms with Gasteiger partial charge in [-0.05, 0) is 18.6 Å². The largest absolute Gasteiger partial charge is 0.447 e. The maximum Gasteiger partial charge on any atom is 0.416 e. The summed E-state index contributed by atoms with van der Waals surface area (Å²) in [6, 6.07) is 8.08. The van der Waals surface area contributed by atoms with Crippen molar-refractivity contribution in [2.45, 2.75) is 30.4 Å². The average molecular weight is 279 g/mol. The molecule has 5 heteroatoms. The molecule has 1 fully saturated rings. The molecule has 1 aromatic rings. The lowest BCUT2D eigenvalue weighted by molar-refractivity contribution is -0.127. The molecule has 0 bridgehead atoms. The monoisotopic (exact) mass is 279 g/mol. The Balaban J connectivity index is 1.91. The quantitative estimate of drug-likeness (QED) is 0.795. The van der Waals surface area contributed by atoms with Crippen LogP contribution in [0.4, 0.5) is 4.79 Å². The first-order valence-electron chi connectivity index (χ1n) is 6.27. The smallest absolute Gasteiger partial charge is 0.416 e. The fraction of sp³-hybridized carbons (Fsp3) is 0.429. The average Bonchev–Trinajstić information content (AvgIpc) is 2.78. The van der Waals surface area contributed by atoms with E-state index in [-0.39, 0.29) is 11.2 Å². The van der Waals surface area contributed by atoms with Gasteiger partial charge < -0.3 is 4.74 Å². The van der Waals surface area contributed by atoms with Crippen molar-refractivity contribution in [1.82, 2.24) is 4.90 Å². The number of nitrogens with zero attached hydrogens (tertiary/aromatic N) is 1. The lowest BCUT2D eigenvalue weighted by Gasteiger charge is -2.15. The lowest BCUT2D eigenvalue weighted by Crippen LogP contribution is -2.33. The predicted octanol–water partition coefficient (Wildman–Crippen LogP) is 2.84. The third-order valence-electron chi connectivity index (χ3n) is 2.95. The summed E-state index contributed by atoms with van der Waals surface area (Å²) in [6.45, 7) is 4.73. The van der Waals surface area contributed by atoms with Crippen LogP contribution in [0.5, 0.6) is 0 Å². The molecule has 1 aliphatic rings. The van der Waals surface area contributed by atoms with Crippen LogP contribution in [-0.2, 0) is 9.53 Å². The number of carbonyl (C=O) groups is 2. The summed E-state index contributed by atoms with van der Waals surface area (Å²) in [5, 5.41) is 0.127. The lowest BCUT2D eigenvalue weighted by atomic mass is 10.2. The van der Waals surface area contributed by atoms with E-state index >= 15 is 0 Å². The molecule has 2 amide bonds. The molecular weight excluding hydrogens is 262 g/mol. The van der Waals surface area contributed by atoms with Crippen molar-refractivity contribution >= 4 is 23.8 Å². The van der Waals surface area contributed by atoms with Crippen LogP contribution in [-0.4, -0.2) is 35.3 Å². The summed E-state index contributed by atoms with van der Waals surface area (Å²) in [4.78, 5) is 25.6. The van der Waals surface area contributed by atoms with Gasteiger partial charge in [-0.25, -0.2) is 9.69 Å². The Hall–Kier alpha value is -1.49. The van der Waals surface area contributed by atoms with E-state index in [0.717, 1.165) is 0 Å². The molecule has 0 radical (unpaired) electrons. The summed E-state index contributed by atoms with van der Waals surface area (Å²) < 4.78 is 4.76. The second-order valence-corrected chi connectivity index (χ2v) is 6.04. The van der Waals surface area contributed by atoms with Gasteiger partial charge in [-0.2, -0.15) is 0 Å². The molecule has 1 aliphatic heterocycles. The second kappa shape index (κ2) is 6.10. The number of imide groups is 1. The van der Waals surface area contributed by atoms with E-state index in [4.69, 9.17) is 4.74 Å². The van der Waals surface area contributed by atoms with Crippen molar-refractivity contribution in [2.75, 3.05) is 13.2 Å². The molecule has 1 heterocycles. The van der Waals surface area contributed by atoms with Crippen molar-refractivity contribution in [3.05, 3.63) is 29.8 Å². The minimum Gasteiger partial charge on any atom is -0.447 e. The zero-order valence-corrected chi connectivity index (χ0v) is 11.9. The van der Waals surface area contributed by atoms with Crippen LogP contribution in [0.3, 0.4) is 0 Å². The normalized spacial score (nSPS) is 16.3. The topological polar surface area (TPSA) is 46.6 Å². The number of hydrogen-bond acceptors (Lipinski definition) is 4. The number of amides is 2. The maximum atomic E-state index is 12.0. The van der Waals surface area contributed by atoms with Gasteiger partial charge in [0.2, 0.25) is 5.91 Å². The van der Waals surface area contributed by atoms with Gasteiger partial charge in [0.15, 0.2) is 0 Å². The molecule has 0 saturated carbocycles. The van der Waals surface area contributed by atoms with Crippen molar-refractivity contribution in [3.8, 4) is 0 Å². The highest BCUT2D eigenvalue weighted by molar-refractivity contribution is 8.00. The first kappa shape index (κ1) is 13.9. The maximum absolute atomic E-state index is 12.0. The van der Waals surface area contributed by atoms with Crippen LogP contribution in [0.25, 0.3) is 0 Å². The Bertz CT molecular complexity index is 489. The Morgan fingerprint density at radius 1 is 1.47 bits per heavy atom. The van der Waals surface area contributed by atoms with Crippen LogP contribution in [0.2, 0.25) is 0 Å². The molecule has 0 aliphatic carbocycles. The number of hydrogen-bond donors (Lipinski definition) is 0. The molecular formula is C14H17NO3S. The Morgan fingerprint density at radius 3 is 2.84 bits per heavy atom. The molecule has 0 aromatic heterocycles. The predicted molar refractivity (Wildman–Crippen MR) is 74.2 cm³/mol. The summed E-state index contributed by atoms with van der Waals surface area (Å²) in [5.74, 6) is -0.156. The second-order valence-electron chi connectivity index (χ2n) is 4.56. The Kier molecular flexibility index (Phi) is 4.47. The van der Waals surface area contributed by atoms with Crippen LogP contribution < -0.4 is 0 Å². The number of carbonyl (C=O) groups excluding carboxylic acids is 2. The van der Waals surface area contributed by atoms with Gasteiger partial charge in [-0.1, -0.05) is 25.1 Å². The standard InChI is InChI=1S/C14H17NO3S/c1-10-5-3-4-6-12(10)19-11(2)9-13(16)15-7-8-18-14(15)17/h3-6,11H,7-9H2,1-2H3/t11-/m0/s1. The highest BCUT2D eigenvalue weighted by atomic mass is 32.2. The third kappa shape index (κ3) is 3.50. The van der Waals surface area contributed by atoms with E-state index in [9.17, 15) is 9.59 Å². The van der Waals surface area contributed by atoms with Gasteiger partial charge in [-0.3, -0.25) is 4.79 Å². The fourth-order valence-corrected chi connectivity index (χ4v) is 2.99. The van der Waals surface area contributed by atoms with Crippen LogP contribution in [0.1, 0.15) is 18.9 Å². The van der Waals surface area contributed by atoms with E-state index in [1.54, 1.807) is 11.8 Å². The van der Waals surface area contributed by atoms with Crippen LogP contribution in [0, 0.1) is 6.92 Å². The zero-order valence-electron chi connectivity index (χ0n) is 11.1. The van der Waals surface area contributed by atoms with E-state index in [0.29, 0.717) is 19.6 Å². The van der Waals surface area contributed by atoms with Crippen molar-refractivity contribution in [1.29, 1.82) is 0 Å². The molecule has 1 aromatic carbocycles. The Morgan fingerprint density at radius 2 is 2.21 bits per heavy atom. The van der Waals surface area contributed by atoms with Gasteiger partial charge in [0.1, 0.15) is 6.61 Å². The summed E-state index contributed by atoms with van der Waals surface area (Å²) in [7, 11) is 0. The minimum atomic E-state index is -0.516. The van der Waals surface area contributed by atoms with E-state index in [1.165, 1.54) is 15.4 Å². The highest BCUT2D eigenvalue weighted by Gasteiger charge is 2.29. The van der Waals surface area contributed by atoms with E-state index in [2.05, 4.69) is 13.0 Å². The van der Waals surface area contributed by atoms with Gasteiger partial charge >= 0.3 is 6.09 Å². The number of ether oxygens (including phenoxy) is 1. The summed E-state index contributed by atoms with van der Waals surface area (Å²) >= 11 is 1.66. The molecule has 102 valence electrons. The zero-order chi connectivity index (χ0) is 13.8. The van der Waals surface area contributed by atoms with Gasteiger partial charge in [-0.15, -0.1) is 11.8 Å². The molecule has 2 rings (SSSR count). The number of thioether (sulfide) groups is 1. The highest BCUT2D eigenvalue weighted by Crippen LogP contribution is 2.28. The molecule has 0 spiro atoms. The van der Waals surface area contributed by atoms with Crippen molar-refractivity contribution in [3.63, 3.8) is 0 Å². The molecule has 19 heavy (non-hydrogen) atoms. The molecule has 0 unspecified atom stereocenters. The third-order valence-corrected chi connectivity index (χ3v) is 4.23. The van der Waals surface area contributed by atoms with Gasteiger partial charge in [0.05, 0.1) is 6.54 Å². The summed E-state index contributed by atoms with van der Waals surface area (Å²) in [5.41, 5.74) is 1.20.